The molecule has 4 aromatic rings. The number of amidine groups is 1. The Morgan fingerprint density at radius 3 is 2.51 bits per heavy atom. The molecule has 12 heteroatoms. The van der Waals surface area contributed by atoms with E-state index in [1.165, 1.54) is 40.8 Å². The number of aromatic nitrogens is 3. The number of nitrogens with one attached hydrogen (secondary N) is 1. The Balaban J connectivity index is 1.08. The molecule has 3 unspecified atom stereocenters. The fourth-order valence-electron chi connectivity index (χ4n) is 5.53. The number of urea groups is 1. The highest BCUT2D eigenvalue weighted by Crippen LogP contribution is 2.41. The molecule has 1 aliphatic heterocycles. The molecule has 0 radical (unpaired) electrons. The minimum absolute atomic E-state index is 0.0109. The third kappa shape index (κ3) is 7.16. The Kier molecular flexibility index (Phi) is 8.59. The second kappa shape index (κ2) is 12.6. The molecule has 1 saturated heterocycles. The third-order valence-electron chi connectivity index (χ3n) is 7.95. The van der Waals surface area contributed by atoms with E-state index in [0.717, 1.165) is 40.6 Å². The first kappa shape index (κ1) is 30.7. The summed E-state index contributed by atoms with van der Waals surface area (Å²) in [6.07, 6.45) is -1.39. The molecule has 0 bridgehead atoms. The monoisotopic (exact) mass is 634 g/mol. The summed E-state index contributed by atoms with van der Waals surface area (Å²) in [4.78, 5) is 24.2. The van der Waals surface area contributed by atoms with E-state index in [1.807, 2.05) is 30.3 Å². The lowest BCUT2D eigenvalue weighted by atomic mass is 9.99. The maximum atomic E-state index is 13.1. The molecule has 3 atom stereocenters. The Hall–Kier alpha value is -4.32. The van der Waals surface area contributed by atoms with Gasteiger partial charge in [0.1, 0.15) is 12.1 Å². The van der Waals surface area contributed by atoms with Crippen molar-refractivity contribution < 1.29 is 22.7 Å². The highest BCUT2D eigenvalue weighted by atomic mass is 32.2. The lowest BCUT2D eigenvalue weighted by molar-refractivity contribution is -0.274. The van der Waals surface area contributed by atoms with Crippen LogP contribution in [0, 0.1) is 0 Å². The molecule has 1 N–H and O–H groups in total. The van der Waals surface area contributed by atoms with E-state index in [0.29, 0.717) is 17.4 Å². The fraction of sp³-hybridized carbons (Fsp3) is 0.333. The molecule has 45 heavy (non-hydrogen) atoms. The molecule has 6 rings (SSSR count). The number of ether oxygens (including phenoxy) is 1. The summed E-state index contributed by atoms with van der Waals surface area (Å²) >= 11 is 1.62. The van der Waals surface area contributed by atoms with Crippen LogP contribution in [0.15, 0.2) is 84.1 Å². The second-order valence-corrected chi connectivity index (χ2v) is 12.6. The van der Waals surface area contributed by atoms with Crippen LogP contribution in [0.25, 0.3) is 17.1 Å². The van der Waals surface area contributed by atoms with Gasteiger partial charge in [-0.05, 0) is 67.1 Å². The number of carbonyl (C=O) groups is 1. The predicted octanol–water partition coefficient (Wildman–Crippen LogP) is 7.91. The number of hydrogen-bond donors (Lipinski definition) is 1. The van der Waals surface area contributed by atoms with Crippen LogP contribution in [0.1, 0.15) is 56.6 Å². The van der Waals surface area contributed by atoms with Crippen molar-refractivity contribution >= 4 is 28.6 Å². The summed E-state index contributed by atoms with van der Waals surface area (Å²) in [5, 5.41) is 8.29. The molecule has 1 aromatic heterocycles. The van der Waals surface area contributed by atoms with Gasteiger partial charge in [-0.15, -0.1) is 18.3 Å². The topological polar surface area (TPSA) is 84.6 Å². The molecule has 2 fully saturated rings. The fourth-order valence-corrected chi connectivity index (χ4v) is 6.74. The minimum Gasteiger partial charge on any atom is -0.406 e. The number of nitrogens with zero attached hydrogens (tertiary/aromatic N) is 5. The average molecular weight is 635 g/mol. The number of benzene rings is 3. The van der Waals surface area contributed by atoms with E-state index >= 15 is 0 Å². The molecule has 1 aliphatic carbocycles. The molecular formula is C33H33F3N6O2S. The van der Waals surface area contributed by atoms with Gasteiger partial charge in [0.15, 0.2) is 11.0 Å². The highest BCUT2D eigenvalue weighted by Gasteiger charge is 2.40. The summed E-state index contributed by atoms with van der Waals surface area (Å²) in [6, 6.07) is 21.5. The Morgan fingerprint density at radius 2 is 1.80 bits per heavy atom. The van der Waals surface area contributed by atoms with Crippen molar-refractivity contribution in [3.05, 3.63) is 90.3 Å². The van der Waals surface area contributed by atoms with E-state index in [9.17, 15) is 18.0 Å². The summed E-state index contributed by atoms with van der Waals surface area (Å²) in [5.74, 6) is 1.64. The van der Waals surface area contributed by atoms with Crippen molar-refractivity contribution in [3.63, 3.8) is 0 Å². The zero-order valence-corrected chi connectivity index (χ0v) is 25.8. The standard InChI is InChI=1S/C33H33F3N6O2S/c1-20(2)26-6-4-5-7-29(26)42-21(3)16-17-45-32(42)39-31(43)38-28-18-27(28)22-8-10-23(11-9-22)30-37-19-41(40-30)24-12-14-25(15-13-24)44-33(34,35)36/h4-15,19-21,27-28H,16-18H2,1-3H3,(H,38,43)/b39-32-. The molecule has 0 spiro atoms. The van der Waals surface area contributed by atoms with Gasteiger partial charge in [-0.25, -0.2) is 14.5 Å². The Morgan fingerprint density at radius 1 is 1.07 bits per heavy atom. The van der Waals surface area contributed by atoms with Crippen LogP contribution in [0.2, 0.25) is 0 Å². The number of hydrogen-bond acceptors (Lipinski definition) is 5. The van der Waals surface area contributed by atoms with Gasteiger partial charge in [-0.2, -0.15) is 4.99 Å². The molecule has 2 aliphatic rings. The van der Waals surface area contributed by atoms with Gasteiger partial charge in [0, 0.05) is 35.0 Å². The summed E-state index contributed by atoms with van der Waals surface area (Å²) in [5.41, 5.74) is 4.79. The summed E-state index contributed by atoms with van der Waals surface area (Å²) < 4.78 is 42.7. The maximum absolute atomic E-state index is 13.1. The highest BCUT2D eigenvalue weighted by molar-refractivity contribution is 8.14. The van der Waals surface area contributed by atoms with Crippen molar-refractivity contribution in [1.82, 2.24) is 20.1 Å². The molecule has 2 heterocycles. The number of carbonyl (C=O) groups excluding carboxylic acids is 1. The Labute approximate surface area is 263 Å². The quantitative estimate of drug-likeness (QED) is 0.223. The van der Waals surface area contributed by atoms with Crippen molar-refractivity contribution in [1.29, 1.82) is 0 Å². The van der Waals surface area contributed by atoms with E-state index < -0.39 is 6.36 Å². The SMILES string of the molecule is CC(C)c1ccccc1N1/C(=N/C(=O)NC2CC2c2ccc(-c3ncn(-c4ccc(OC(F)(F)F)cc4)n3)cc2)SCCC1C. The van der Waals surface area contributed by atoms with Gasteiger partial charge >= 0.3 is 12.4 Å². The van der Waals surface area contributed by atoms with Gasteiger partial charge in [-0.1, -0.05) is 68.1 Å². The van der Waals surface area contributed by atoms with Gasteiger partial charge in [-0.3, -0.25) is 0 Å². The number of rotatable bonds is 7. The van der Waals surface area contributed by atoms with Gasteiger partial charge < -0.3 is 15.0 Å². The number of anilines is 1. The zero-order chi connectivity index (χ0) is 31.7. The molecule has 1 saturated carbocycles. The number of amides is 2. The van der Waals surface area contributed by atoms with Crippen molar-refractivity contribution in [2.24, 2.45) is 4.99 Å². The van der Waals surface area contributed by atoms with Crippen molar-refractivity contribution in [2.75, 3.05) is 10.7 Å². The van der Waals surface area contributed by atoms with Gasteiger partial charge in [0.25, 0.3) is 0 Å². The smallest absolute Gasteiger partial charge is 0.406 e. The lowest BCUT2D eigenvalue weighted by Crippen LogP contribution is -2.42. The van der Waals surface area contributed by atoms with Crippen molar-refractivity contribution in [3.8, 4) is 22.8 Å². The molecule has 3 aromatic carbocycles. The predicted molar refractivity (Wildman–Crippen MR) is 170 cm³/mol. The lowest BCUT2D eigenvalue weighted by Gasteiger charge is -2.37. The van der Waals surface area contributed by atoms with E-state index in [-0.39, 0.29) is 29.8 Å². The normalized spacial score (nSPS) is 20.8. The van der Waals surface area contributed by atoms with Crippen LogP contribution in [0.3, 0.4) is 0 Å². The van der Waals surface area contributed by atoms with Crippen LogP contribution in [0.5, 0.6) is 5.75 Å². The molecule has 8 nitrogen and oxygen atoms in total. The van der Waals surface area contributed by atoms with Crippen LogP contribution in [-0.2, 0) is 0 Å². The maximum Gasteiger partial charge on any atom is 0.573 e. The minimum atomic E-state index is -4.75. The number of para-hydroxylation sites is 1. The largest absolute Gasteiger partial charge is 0.573 e. The first-order chi connectivity index (χ1) is 21.6. The summed E-state index contributed by atoms with van der Waals surface area (Å²) in [6.45, 7) is 6.53. The van der Waals surface area contributed by atoms with Crippen LogP contribution >= 0.6 is 11.8 Å². The van der Waals surface area contributed by atoms with E-state index in [4.69, 9.17) is 0 Å². The molecule has 2 amide bonds. The van der Waals surface area contributed by atoms with Crippen LogP contribution in [0.4, 0.5) is 23.7 Å². The number of alkyl halides is 3. The third-order valence-corrected chi connectivity index (χ3v) is 8.94. The van der Waals surface area contributed by atoms with E-state index in [1.54, 1.807) is 11.8 Å². The zero-order valence-electron chi connectivity index (χ0n) is 25.0. The Bertz CT molecular complexity index is 1690. The first-order valence-electron chi connectivity index (χ1n) is 14.8. The number of aliphatic imine (C=N–C) groups is 1. The first-order valence-corrected chi connectivity index (χ1v) is 15.8. The number of halogens is 3. The van der Waals surface area contributed by atoms with Crippen LogP contribution < -0.4 is 15.0 Å². The van der Waals surface area contributed by atoms with E-state index in [2.05, 4.69) is 69.0 Å². The molecule has 234 valence electrons. The average Bonchev–Trinajstić information content (AvgIpc) is 3.58. The summed E-state index contributed by atoms with van der Waals surface area (Å²) in [7, 11) is 0. The van der Waals surface area contributed by atoms with Gasteiger partial charge in [0.2, 0.25) is 0 Å². The van der Waals surface area contributed by atoms with Crippen molar-refractivity contribution in [2.45, 2.75) is 63.9 Å². The van der Waals surface area contributed by atoms with Gasteiger partial charge in [0.05, 0.1) is 5.69 Å². The number of thioether (sulfide) groups is 1. The molecular weight excluding hydrogens is 601 g/mol. The second-order valence-electron chi connectivity index (χ2n) is 11.5. The van der Waals surface area contributed by atoms with Crippen LogP contribution in [-0.4, -0.2) is 50.2 Å².